The lowest BCUT2D eigenvalue weighted by Gasteiger charge is -2.07. The van der Waals surface area contributed by atoms with Gasteiger partial charge < -0.3 is 15.2 Å². The van der Waals surface area contributed by atoms with E-state index >= 15 is 0 Å². The molecule has 0 aliphatic heterocycles. The van der Waals surface area contributed by atoms with Crippen molar-refractivity contribution >= 4 is 29.3 Å². The highest BCUT2D eigenvalue weighted by Crippen LogP contribution is 2.16. The number of carbonyl (C=O) groups excluding carboxylic acids is 1. The van der Waals surface area contributed by atoms with E-state index in [9.17, 15) is 14.0 Å². The summed E-state index contributed by atoms with van der Waals surface area (Å²) in [5.41, 5.74) is -0.188. The number of rotatable bonds is 7. The van der Waals surface area contributed by atoms with Crippen LogP contribution in [-0.2, 0) is 9.53 Å². The Morgan fingerprint density at radius 3 is 2.79 bits per heavy atom. The van der Waals surface area contributed by atoms with E-state index in [1.165, 1.54) is 23.9 Å². The molecule has 0 aliphatic carbocycles. The summed E-state index contributed by atoms with van der Waals surface area (Å²) >= 11 is 1.37. The lowest BCUT2D eigenvalue weighted by Crippen LogP contribution is -2.16. The van der Waals surface area contributed by atoms with E-state index in [1.807, 2.05) is 0 Å². The van der Waals surface area contributed by atoms with Crippen molar-refractivity contribution in [2.24, 2.45) is 0 Å². The summed E-state index contributed by atoms with van der Waals surface area (Å²) in [6, 6.07) is 3.34. The Balaban J connectivity index is 2.52. The molecule has 1 rings (SSSR count). The zero-order chi connectivity index (χ0) is 14.3. The lowest BCUT2D eigenvalue weighted by molar-refractivity contribution is -0.113. The maximum absolute atomic E-state index is 13.5. The molecule has 0 saturated carbocycles. The van der Waals surface area contributed by atoms with Crippen LogP contribution in [-0.4, -0.2) is 42.2 Å². The lowest BCUT2D eigenvalue weighted by atomic mass is 10.2. The largest absolute Gasteiger partial charge is 0.478 e. The van der Waals surface area contributed by atoms with Gasteiger partial charge in [0.25, 0.3) is 0 Å². The van der Waals surface area contributed by atoms with Crippen molar-refractivity contribution in [2.45, 2.75) is 0 Å². The molecule has 7 heteroatoms. The Morgan fingerprint density at radius 1 is 1.47 bits per heavy atom. The number of ether oxygens (including phenoxy) is 1. The molecule has 19 heavy (non-hydrogen) atoms. The number of anilines is 1. The van der Waals surface area contributed by atoms with Crippen LogP contribution >= 0.6 is 11.8 Å². The number of hydrogen-bond donors (Lipinski definition) is 2. The van der Waals surface area contributed by atoms with Gasteiger partial charge in [-0.2, -0.15) is 0 Å². The zero-order valence-electron chi connectivity index (χ0n) is 10.3. The Hall–Kier alpha value is -1.60. The molecule has 0 spiro atoms. The second-order valence-corrected chi connectivity index (χ2v) is 4.70. The average molecular weight is 287 g/mol. The van der Waals surface area contributed by atoms with E-state index in [-0.39, 0.29) is 22.9 Å². The number of carbonyl (C=O) groups is 2. The normalized spacial score (nSPS) is 10.2. The second kappa shape index (κ2) is 7.75. The molecule has 2 N–H and O–H groups in total. The maximum atomic E-state index is 13.5. The third-order valence-electron chi connectivity index (χ3n) is 2.16. The fraction of sp³-hybridized carbons (Fsp3) is 0.333. The molecule has 0 saturated heterocycles. The van der Waals surface area contributed by atoms with Gasteiger partial charge in [-0.05, 0) is 18.2 Å². The Morgan fingerprint density at radius 2 is 2.21 bits per heavy atom. The minimum Gasteiger partial charge on any atom is -0.478 e. The molecule has 1 aromatic carbocycles. The van der Waals surface area contributed by atoms with Gasteiger partial charge >= 0.3 is 5.97 Å². The van der Waals surface area contributed by atoms with Crippen molar-refractivity contribution in [1.29, 1.82) is 0 Å². The summed E-state index contributed by atoms with van der Waals surface area (Å²) in [6.07, 6.45) is 0. The van der Waals surface area contributed by atoms with Gasteiger partial charge in [-0.25, -0.2) is 9.18 Å². The van der Waals surface area contributed by atoms with Crippen LogP contribution in [0, 0.1) is 5.82 Å². The quantitative estimate of drug-likeness (QED) is 0.748. The Kier molecular flexibility index (Phi) is 6.31. The molecule has 0 fully saturated rings. The van der Waals surface area contributed by atoms with Crippen LogP contribution in [0.1, 0.15) is 10.4 Å². The van der Waals surface area contributed by atoms with E-state index in [0.717, 1.165) is 6.07 Å². The van der Waals surface area contributed by atoms with Crippen molar-refractivity contribution in [1.82, 2.24) is 0 Å². The summed E-state index contributed by atoms with van der Waals surface area (Å²) in [7, 11) is 1.57. The van der Waals surface area contributed by atoms with E-state index in [2.05, 4.69) is 5.32 Å². The van der Waals surface area contributed by atoms with Crippen LogP contribution in [0.2, 0.25) is 0 Å². The molecular formula is C12H14FNO4S. The SMILES string of the molecule is COCCSCC(=O)Nc1ccc(C(=O)O)cc1F. The van der Waals surface area contributed by atoms with Crippen molar-refractivity contribution in [3.05, 3.63) is 29.6 Å². The highest BCUT2D eigenvalue weighted by Gasteiger charge is 2.10. The first kappa shape index (κ1) is 15.5. The smallest absolute Gasteiger partial charge is 0.335 e. The second-order valence-electron chi connectivity index (χ2n) is 3.59. The van der Waals surface area contributed by atoms with E-state index in [1.54, 1.807) is 7.11 Å². The number of amides is 1. The number of benzene rings is 1. The highest BCUT2D eigenvalue weighted by atomic mass is 32.2. The molecule has 0 aromatic heterocycles. The van der Waals surface area contributed by atoms with Gasteiger partial charge in [0.05, 0.1) is 23.6 Å². The number of methoxy groups -OCH3 is 1. The number of aromatic carboxylic acids is 1. The minimum atomic E-state index is -1.22. The molecule has 5 nitrogen and oxygen atoms in total. The summed E-state index contributed by atoms with van der Waals surface area (Å²) in [4.78, 5) is 22.1. The van der Waals surface area contributed by atoms with Crippen LogP contribution in [0.5, 0.6) is 0 Å². The molecule has 0 unspecified atom stereocenters. The van der Waals surface area contributed by atoms with E-state index in [4.69, 9.17) is 9.84 Å². The third-order valence-corrected chi connectivity index (χ3v) is 3.08. The molecule has 104 valence electrons. The van der Waals surface area contributed by atoms with Crippen molar-refractivity contribution in [3.63, 3.8) is 0 Å². The fourth-order valence-corrected chi connectivity index (χ4v) is 1.93. The number of carboxylic acids is 1. The van der Waals surface area contributed by atoms with Crippen LogP contribution in [0.15, 0.2) is 18.2 Å². The molecular weight excluding hydrogens is 273 g/mol. The van der Waals surface area contributed by atoms with Crippen LogP contribution < -0.4 is 5.32 Å². The van der Waals surface area contributed by atoms with Crippen LogP contribution in [0.25, 0.3) is 0 Å². The molecule has 0 radical (unpaired) electrons. The Bertz CT molecular complexity index is 467. The fourth-order valence-electron chi connectivity index (χ4n) is 1.24. The molecule has 0 atom stereocenters. The first-order chi connectivity index (χ1) is 9.04. The van der Waals surface area contributed by atoms with Crippen molar-refractivity contribution in [3.8, 4) is 0 Å². The molecule has 1 aromatic rings. The number of thioether (sulfide) groups is 1. The molecule has 0 heterocycles. The summed E-state index contributed by atoms with van der Waals surface area (Å²) in [5, 5.41) is 11.1. The predicted octanol–water partition coefficient (Wildman–Crippen LogP) is 1.84. The van der Waals surface area contributed by atoms with Crippen molar-refractivity contribution in [2.75, 3.05) is 30.5 Å². The third kappa shape index (κ3) is 5.27. The van der Waals surface area contributed by atoms with Gasteiger partial charge in [0.2, 0.25) is 5.91 Å². The highest BCUT2D eigenvalue weighted by molar-refractivity contribution is 7.99. The molecule has 0 aliphatic rings. The number of carboxylic acid groups (broad SMARTS) is 1. The topological polar surface area (TPSA) is 75.6 Å². The number of nitrogens with one attached hydrogen (secondary N) is 1. The summed E-state index contributed by atoms with van der Waals surface area (Å²) < 4.78 is 18.3. The number of halogens is 1. The van der Waals surface area contributed by atoms with Gasteiger partial charge in [0, 0.05) is 12.9 Å². The van der Waals surface area contributed by atoms with Crippen molar-refractivity contribution < 1.29 is 23.8 Å². The first-order valence-electron chi connectivity index (χ1n) is 5.44. The van der Waals surface area contributed by atoms with Gasteiger partial charge in [0.15, 0.2) is 0 Å². The maximum Gasteiger partial charge on any atom is 0.335 e. The van der Waals surface area contributed by atoms with Crippen LogP contribution in [0.3, 0.4) is 0 Å². The molecule has 1 amide bonds. The summed E-state index contributed by atoms with van der Waals surface area (Å²) in [6.45, 7) is 0.541. The number of hydrogen-bond acceptors (Lipinski definition) is 4. The predicted molar refractivity (Wildman–Crippen MR) is 71.2 cm³/mol. The van der Waals surface area contributed by atoms with Gasteiger partial charge in [-0.3, -0.25) is 4.79 Å². The van der Waals surface area contributed by atoms with E-state index in [0.29, 0.717) is 12.4 Å². The average Bonchev–Trinajstić information content (AvgIpc) is 2.37. The van der Waals surface area contributed by atoms with Gasteiger partial charge in [-0.1, -0.05) is 0 Å². The zero-order valence-corrected chi connectivity index (χ0v) is 11.1. The standard InChI is InChI=1S/C12H14FNO4S/c1-18-4-5-19-7-11(15)14-10-3-2-8(12(16)17)6-9(10)13/h2-3,6H,4-5,7H2,1H3,(H,14,15)(H,16,17). The summed E-state index contributed by atoms with van der Waals surface area (Å²) in [5.74, 6) is -1.47. The van der Waals surface area contributed by atoms with Crippen LogP contribution in [0.4, 0.5) is 10.1 Å². The minimum absolute atomic E-state index is 0.0256. The first-order valence-corrected chi connectivity index (χ1v) is 6.59. The van der Waals surface area contributed by atoms with E-state index < -0.39 is 11.8 Å². The monoisotopic (exact) mass is 287 g/mol. The Labute approximate surface area is 114 Å². The van der Waals surface area contributed by atoms with Gasteiger partial charge in [-0.15, -0.1) is 11.8 Å². The van der Waals surface area contributed by atoms with Gasteiger partial charge in [0.1, 0.15) is 5.82 Å². The molecule has 0 bridgehead atoms.